The maximum absolute atomic E-state index is 10.9. The summed E-state index contributed by atoms with van der Waals surface area (Å²) < 4.78 is 0. The van der Waals surface area contributed by atoms with Gasteiger partial charge in [-0.2, -0.15) is 10.5 Å². The minimum Gasteiger partial charge on any atom is -0.385 e. The summed E-state index contributed by atoms with van der Waals surface area (Å²) in [6.07, 6.45) is 0.927. The van der Waals surface area contributed by atoms with Gasteiger partial charge in [0.1, 0.15) is 0 Å². The van der Waals surface area contributed by atoms with Crippen molar-refractivity contribution in [2.24, 2.45) is 0 Å². The molecule has 0 fully saturated rings. The van der Waals surface area contributed by atoms with Gasteiger partial charge in [-0.1, -0.05) is 6.92 Å². The van der Waals surface area contributed by atoms with Crippen LogP contribution in [0.1, 0.15) is 18.9 Å². The van der Waals surface area contributed by atoms with Crippen LogP contribution in [0.4, 0.5) is 11.4 Å². The van der Waals surface area contributed by atoms with E-state index in [9.17, 15) is 10.1 Å². The average Bonchev–Trinajstić information content (AvgIpc) is 2.46. The molecule has 0 heterocycles. The topological polar surface area (TPSA) is 106 Å². The number of hydrogen-bond donors (Lipinski definition) is 1. The Morgan fingerprint density at radius 1 is 1.33 bits per heavy atom. The third kappa shape index (κ3) is 5.09. The van der Waals surface area contributed by atoms with Crippen molar-refractivity contribution in [3.8, 4) is 12.1 Å². The van der Waals surface area contributed by atoms with Crippen LogP contribution in [0.15, 0.2) is 18.2 Å². The summed E-state index contributed by atoms with van der Waals surface area (Å²) >= 11 is 0. The van der Waals surface area contributed by atoms with Crippen molar-refractivity contribution in [1.82, 2.24) is 4.90 Å². The molecule has 1 aromatic carbocycles. The predicted molar refractivity (Wildman–Crippen MR) is 78.4 cm³/mol. The lowest BCUT2D eigenvalue weighted by atomic mass is 10.1. The summed E-state index contributed by atoms with van der Waals surface area (Å²) in [6.45, 7) is 3.29. The van der Waals surface area contributed by atoms with Crippen molar-refractivity contribution in [2.45, 2.75) is 19.9 Å². The third-order valence-corrected chi connectivity index (χ3v) is 2.85. The number of rotatable bonds is 8. The summed E-state index contributed by atoms with van der Waals surface area (Å²) in [6, 6.07) is 8.58. The van der Waals surface area contributed by atoms with Gasteiger partial charge in [-0.3, -0.25) is 15.0 Å². The molecule has 1 rings (SSSR count). The molecular formula is C14H17N5O2. The van der Waals surface area contributed by atoms with Crippen molar-refractivity contribution in [1.29, 1.82) is 10.5 Å². The molecule has 21 heavy (non-hydrogen) atoms. The zero-order chi connectivity index (χ0) is 15.7. The Balaban J connectivity index is 3.03. The highest BCUT2D eigenvalue weighted by atomic mass is 16.6. The van der Waals surface area contributed by atoms with Gasteiger partial charge in [-0.15, -0.1) is 0 Å². The summed E-state index contributed by atoms with van der Waals surface area (Å²) in [5, 5.41) is 31.6. The smallest absolute Gasteiger partial charge is 0.269 e. The van der Waals surface area contributed by atoms with Crippen LogP contribution in [0.25, 0.3) is 0 Å². The number of hydrogen-bond acceptors (Lipinski definition) is 6. The molecule has 0 aliphatic rings. The van der Waals surface area contributed by atoms with Crippen molar-refractivity contribution in [3.63, 3.8) is 0 Å². The van der Waals surface area contributed by atoms with Gasteiger partial charge in [0.15, 0.2) is 0 Å². The predicted octanol–water partition coefficient (Wildman–Crippen LogP) is 2.27. The third-order valence-electron chi connectivity index (χ3n) is 2.85. The van der Waals surface area contributed by atoms with Gasteiger partial charge in [-0.25, -0.2) is 0 Å². The number of anilines is 1. The number of nitro groups is 1. The molecule has 0 radical (unpaired) electrons. The fraction of sp³-hybridized carbons (Fsp3) is 0.429. The van der Waals surface area contributed by atoms with E-state index < -0.39 is 4.92 Å². The first-order valence-electron chi connectivity index (χ1n) is 6.59. The van der Waals surface area contributed by atoms with Crippen molar-refractivity contribution >= 4 is 11.4 Å². The lowest BCUT2D eigenvalue weighted by molar-refractivity contribution is -0.384. The van der Waals surface area contributed by atoms with Crippen LogP contribution < -0.4 is 5.32 Å². The van der Waals surface area contributed by atoms with E-state index in [1.807, 2.05) is 19.1 Å². The molecule has 7 nitrogen and oxygen atoms in total. The van der Waals surface area contributed by atoms with E-state index >= 15 is 0 Å². The molecule has 0 unspecified atom stereocenters. The van der Waals surface area contributed by atoms with Gasteiger partial charge >= 0.3 is 0 Å². The fourth-order valence-electron chi connectivity index (χ4n) is 1.87. The SMILES string of the molecule is CCCNc1ccc([N+](=O)[O-])cc1CN(CC#N)CC#N. The molecule has 0 aliphatic heterocycles. The quantitative estimate of drug-likeness (QED) is 0.446. The Morgan fingerprint density at radius 2 is 2.00 bits per heavy atom. The number of benzene rings is 1. The number of non-ortho nitro benzene ring substituents is 1. The molecule has 0 amide bonds. The van der Waals surface area contributed by atoms with Gasteiger partial charge < -0.3 is 5.32 Å². The highest BCUT2D eigenvalue weighted by Crippen LogP contribution is 2.23. The molecule has 0 saturated carbocycles. The van der Waals surface area contributed by atoms with E-state index in [1.165, 1.54) is 12.1 Å². The van der Waals surface area contributed by atoms with E-state index in [-0.39, 0.29) is 18.8 Å². The molecule has 0 aromatic heterocycles. The summed E-state index contributed by atoms with van der Waals surface area (Å²) in [5.41, 5.74) is 1.51. The zero-order valence-corrected chi connectivity index (χ0v) is 11.9. The molecule has 0 aliphatic carbocycles. The first-order valence-corrected chi connectivity index (χ1v) is 6.59. The van der Waals surface area contributed by atoms with Gasteiger partial charge in [-0.05, 0) is 18.1 Å². The number of nitrogens with one attached hydrogen (secondary N) is 1. The molecule has 0 atom stereocenters. The Morgan fingerprint density at radius 3 is 2.52 bits per heavy atom. The number of nitro benzene ring substituents is 1. The Kier molecular flexibility index (Phi) is 6.66. The molecule has 0 bridgehead atoms. The second-order valence-corrected chi connectivity index (χ2v) is 4.49. The first-order chi connectivity index (χ1) is 10.1. The maximum Gasteiger partial charge on any atom is 0.269 e. The standard InChI is InChI=1S/C14H17N5O2/c1-2-7-17-14-4-3-13(19(20)21)10-12(14)11-18(8-5-15)9-6-16/h3-4,10,17H,2,7-9,11H2,1H3. The number of nitriles is 2. The van der Waals surface area contributed by atoms with Gasteiger partial charge in [0.25, 0.3) is 5.69 Å². The Hall–Kier alpha value is -2.64. The largest absolute Gasteiger partial charge is 0.385 e. The summed E-state index contributed by atoms with van der Waals surface area (Å²) in [4.78, 5) is 12.1. The van der Waals surface area contributed by atoms with Crippen LogP contribution in [-0.4, -0.2) is 29.5 Å². The van der Waals surface area contributed by atoms with Gasteiger partial charge in [0, 0.05) is 30.9 Å². The lowest BCUT2D eigenvalue weighted by Gasteiger charge is -2.18. The maximum atomic E-state index is 10.9. The van der Waals surface area contributed by atoms with E-state index in [2.05, 4.69) is 5.32 Å². The molecule has 110 valence electrons. The van der Waals surface area contributed by atoms with E-state index in [0.29, 0.717) is 12.1 Å². The normalized spacial score (nSPS) is 9.90. The van der Waals surface area contributed by atoms with E-state index in [1.54, 1.807) is 11.0 Å². The van der Waals surface area contributed by atoms with Crippen LogP contribution in [0.5, 0.6) is 0 Å². The molecule has 1 N–H and O–H groups in total. The van der Waals surface area contributed by atoms with Crippen LogP contribution in [0.2, 0.25) is 0 Å². The number of nitrogens with zero attached hydrogens (tertiary/aromatic N) is 4. The first kappa shape index (κ1) is 16.4. The van der Waals surface area contributed by atoms with Crippen LogP contribution in [0, 0.1) is 32.8 Å². The second kappa shape index (κ2) is 8.51. The molecule has 0 saturated heterocycles. The summed E-state index contributed by atoms with van der Waals surface area (Å²) in [7, 11) is 0. The highest BCUT2D eigenvalue weighted by Gasteiger charge is 2.13. The van der Waals surface area contributed by atoms with E-state index in [4.69, 9.17) is 10.5 Å². The Bertz CT molecular complexity index is 558. The van der Waals surface area contributed by atoms with E-state index in [0.717, 1.165) is 18.7 Å². The molecule has 0 spiro atoms. The fourth-order valence-corrected chi connectivity index (χ4v) is 1.87. The molecule has 7 heteroatoms. The van der Waals surface area contributed by atoms with Gasteiger partial charge in [0.2, 0.25) is 0 Å². The van der Waals surface area contributed by atoms with Crippen LogP contribution in [-0.2, 0) is 6.54 Å². The van der Waals surface area contributed by atoms with Crippen molar-refractivity contribution < 1.29 is 4.92 Å². The minimum absolute atomic E-state index is 0.000846. The summed E-state index contributed by atoms with van der Waals surface area (Å²) in [5.74, 6) is 0. The van der Waals surface area contributed by atoms with Crippen LogP contribution >= 0.6 is 0 Å². The second-order valence-electron chi connectivity index (χ2n) is 4.49. The molecule has 1 aromatic rings. The lowest BCUT2D eigenvalue weighted by Crippen LogP contribution is -2.24. The van der Waals surface area contributed by atoms with Crippen molar-refractivity contribution in [2.75, 3.05) is 25.0 Å². The van der Waals surface area contributed by atoms with Gasteiger partial charge in [0.05, 0.1) is 30.2 Å². The highest BCUT2D eigenvalue weighted by molar-refractivity contribution is 5.56. The van der Waals surface area contributed by atoms with Crippen molar-refractivity contribution in [3.05, 3.63) is 33.9 Å². The monoisotopic (exact) mass is 287 g/mol. The zero-order valence-electron chi connectivity index (χ0n) is 11.9. The van der Waals surface area contributed by atoms with Crippen LogP contribution in [0.3, 0.4) is 0 Å². The average molecular weight is 287 g/mol. The Labute approximate surface area is 123 Å². The molecular weight excluding hydrogens is 270 g/mol. The minimum atomic E-state index is -0.452.